The molecule has 6 nitrogen and oxygen atoms in total. The van der Waals surface area contributed by atoms with Crippen LogP contribution in [0.4, 0.5) is 0 Å². The predicted molar refractivity (Wildman–Crippen MR) is 83.4 cm³/mol. The molecule has 116 valence electrons. The number of pyridine rings is 1. The van der Waals surface area contributed by atoms with E-state index in [1.807, 2.05) is 17.8 Å². The Morgan fingerprint density at radius 3 is 2.95 bits per heavy atom. The Kier molecular flexibility index (Phi) is 4.11. The van der Waals surface area contributed by atoms with E-state index in [4.69, 9.17) is 4.74 Å². The highest BCUT2D eigenvalue weighted by Gasteiger charge is 2.39. The third-order valence-electron chi connectivity index (χ3n) is 4.42. The first-order valence-electron chi connectivity index (χ1n) is 7.61. The summed E-state index contributed by atoms with van der Waals surface area (Å²) in [5.41, 5.74) is 2.38. The summed E-state index contributed by atoms with van der Waals surface area (Å²) in [4.78, 5) is 9.07. The molecule has 0 aromatic carbocycles. The first kappa shape index (κ1) is 14.2. The van der Waals surface area contributed by atoms with E-state index >= 15 is 0 Å². The van der Waals surface area contributed by atoms with Gasteiger partial charge in [-0.2, -0.15) is 0 Å². The molecule has 0 bridgehead atoms. The molecule has 22 heavy (non-hydrogen) atoms. The second kappa shape index (κ2) is 6.37. The molecule has 2 saturated heterocycles. The molecule has 0 amide bonds. The summed E-state index contributed by atoms with van der Waals surface area (Å²) in [7, 11) is 0. The Labute approximate surface area is 133 Å². The molecule has 7 heteroatoms. The van der Waals surface area contributed by atoms with Gasteiger partial charge in [0.1, 0.15) is 0 Å². The summed E-state index contributed by atoms with van der Waals surface area (Å²) in [6.45, 7) is 5.67. The molecule has 2 aliphatic heterocycles. The zero-order valence-electron chi connectivity index (χ0n) is 12.3. The van der Waals surface area contributed by atoms with Crippen LogP contribution in [0.5, 0.6) is 0 Å². The number of morpholine rings is 1. The maximum atomic E-state index is 5.99. The van der Waals surface area contributed by atoms with Crippen LogP contribution in [0.1, 0.15) is 11.3 Å². The maximum Gasteiger partial charge on any atom is 0.0895 e. The van der Waals surface area contributed by atoms with E-state index in [1.54, 1.807) is 0 Å². The highest BCUT2D eigenvalue weighted by molar-refractivity contribution is 7.03. The zero-order chi connectivity index (χ0) is 14.8. The molecule has 2 aromatic heterocycles. The standard InChI is InChI=1S/C15H19N5OS/c1-3-16-4-2-12(1)7-20-5-6-21-15-10-19(9-14(15)20)8-13-11-22-18-17-13/h1-4,11,14-15H,5-10H2/t14-,15+/m1/s1. The van der Waals surface area contributed by atoms with Crippen molar-refractivity contribution in [1.82, 2.24) is 24.4 Å². The SMILES string of the molecule is c1cc(CN2CCO[C@H]3CN(Cc4csnn4)C[C@H]32)ccn1. The molecular weight excluding hydrogens is 298 g/mol. The molecule has 0 saturated carbocycles. The van der Waals surface area contributed by atoms with Gasteiger partial charge in [-0.05, 0) is 29.2 Å². The van der Waals surface area contributed by atoms with Crippen LogP contribution >= 0.6 is 11.5 Å². The molecule has 2 aromatic rings. The molecule has 2 atom stereocenters. The number of hydrogen-bond donors (Lipinski definition) is 0. The lowest BCUT2D eigenvalue weighted by molar-refractivity contribution is -0.0504. The van der Waals surface area contributed by atoms with E-state index in [1.165, 1.54) is 17.1 Å². The number of fused-ring (bicyclic) bond motifs is 1. The van der Waals surface area contributed by atoms with Gasteiger partial charge in [0.25, 0.3) is 0 Å². The van der Waals surface area contributed by atoms with Gasteiger partial charge in [0.05, 0.1) is 24.4 Å². The molecule has 0 spiro atoms. The summed E-state index contributed by atoms with van der Waals surface area (Å²) >= 11 is 1.42. The van der Waals surface area contributed by atoms with Crippen molar-refractivity contribution in [3.8, 4) is 0 Å². The monoisotopic (exact) mass is 317 g/mol. The first-order valence-corrected chi connectivity index (χ1v) is 8.45. The Morgan fingerprint density at radius 1 is 1.23 bits per heavy atom. The van der Waals surface area contributed by atoms with E-state index in [9.17, 15) is 0 Å². The van der Waals surface area contributed by atoms with Crippen molar-refractivity contribution in [2.24, 2.45) is 0 Å². The van der Waals surface area contributed by atoms with E-state index in [2.05, 4.69) is 36.5 Å². The molecule has 0 unspecified atom stereocenters. The molecule has 0 aliphatic carbocycles. The number of hydrogen-bond acceptors (Lipinski definition) is 7. The third-order valence-corrected chi connectivity index (χ3v) is 4.97. The van der Waals surface area contributed by atoms with Gasteiger partial charge in [0, 0.05) is 50.5 Å². The second-order valence-corrected chi connectivity index (χ2v) is 6.50. The molecule has 4 heterocycles. The minimum absolute atomic E-state index is 0.308. The summed E-state index contributed by atoms with van der Waals surface area (Å²) in [5, 5.41) is 6.17. The van der Waals surface area contributed by atoms with Gasteiger partial charge < -0.3 is 4.74 Å². The fourth-order valence-corrected chi connectivity index (χ4v) is 3.81. The maximum absolute atomic E-state index is 5.99. The van der Waals surface area contributed by atoms with Gasteiger partial charge in [0.15, 0.2) is 0 Å². The zero-order valence-corrected chi connectivity index (χ0v) is 13.2. The second-order valence-electron chi connectivity index (χ2n) is 5.89. The van der Waals surface area contributed by atoms with Gasteiger partial charge in [-0.3, -0.25) is 14.8 Å². The van der Waals surface area contributed by atoms with Crippen molar-refractivity contribution in [3.05, 3.63) is 41.2 Å². The fraction of sp³-hybridized carbons (Fsp3) is 0.533. The summed E-state index contributed by atoms with van der Waals surface area (Å²) in [5.74, 6) is 0. The third kappa shape index (κ3) is 3.03. The number of nitrogens with zero attached hydrogens (tertiary/aromatic N) is 5. The van der Waals surface area contributed by atoms with Gasteiger partial charge >= 0.3 is 0 Å². The van der Waals surface area contributed by atoms with Crippen LogP contribution in [-0.4, -0.2) is 62.8 Å². The van der Waals surface area contributed by atoms with E-state index < -0.39 is 0 Å². The molecule has 0 radical (unpaired) electrons. The van der Waals surface area contributed by atoms with Crippen LogP contribution in [0.3, 0.4) is 0 Å². The quantitative estimate of drug-likeness (QED) is 0.839. The van der Waals surface area contributed by atoms with E-state index in [0.29, 0.717) is 12.1 Å². The lowest BCUT2D eigenvalue weighted by Gasteiger charge is -2.36. The van der Waals surface area contributed by atoms with Gasteiger partial charge in [-0.15, -0.1) is 5.10 Å². The Bertz CT molecular complexity index is 593. The number of aromatic nitrogens is 3. The lowest BCUT2D eigenvalue weighted by atomic mass is 10.1. The van der Waals surface area contributed by atoms with Gasteiger partial charge in [-0.25, -0.2) is 0 Å². The van der Waals surface area contributed by atoms with Crippen LogP contribution < -0.4 is 0 Å². The topological polar surface area (TPSA) is 54.4 Å². The largest absolute Gasteiger partial charge is 0.374 e. The lowest BCUT2D eigenvalue weighted by Crippen LogP contribution is -2.50. The Hall–Kier alpha value is -1.41. The van der Waals surface area contributed by atoms with Crippen LogP contribution in [0.25, 0.3) is 0 Å². The van der Waals surface area contributed by atoms with Crippen LogP contribution in [-0.2, 0) is 17.8 Å². The minimum atomic E-state index is 0.308. The van der Waals surface area contributed by atoms with Crippen molar-refractivity contribution in [2.45, 2.75) is 25.2 Å². The molecule has 4 rings (SSSR count). The first-order chi connectivity index (χ1) is 10.9. The average Bonchev–Trinajstić information content (AvgIpc) is 3.18. The van der Waals surface area contributed by atoms with Gasteiger partial charge in [0.2, 0.25) is 0 Å². The fourth-order valence-electron chi connectivity index (χ4n) is 3.36. The van der Waals surface area contributed by atoms with Crippen LogP contribution in [0, 0.1) is 0 Å². The van der Waals surface area contributed by atoms with Crippen LogP contribution in [0.2, 0.25) is 0 Å². The van der Waals surface area contributed by atoms with Crippen molar-refractivity contribution in [1.29, 1.82) is 0 Å². The predicted octanol–water partition coefficient (Wildman–Crippen LogP) is 1.02. The summed E-state index contributed by atoms with van der Waals surface area (Å²) in [6.07, 6.45) is 4.04. The Balaban J connectivity index is 1.42. The van der Waals surface area contributed by atoms with Crippen molar-refractivity contribution >= 4 is 11.5 Å². The minimum Gasteiger partial charge on any atom is -0.374 e. The number of likely N-dealkylation sites (tertiary alicyclic amines) is 1. The highest BCUT2D eigenvalue weighted by atomic mass is 32.1. The summed E-state index contributed by atoms with van der Waals surface area (Å²) in [6, 6.07) is 4.66. The Morgan fingerprint density at radius 2 is 2.14 bits per heavy atom. The van der Waals surface area contributed by atoms with Gasteiger partial charge in [-0.1, -0.05) is 4.49 Å². The average molecular weight is 317 g/mol. The smallest absolute Gasteiger partial charge is 0.0895 e. The van der Waals surface area contributed by atoms with Crippen molar-refractivity contribution < 1.29 is 4.74 Å². The molecule has 2 fully saturated rings. The van der Waals surface area contributed by atoms with Crippen molar-refractivity contribution in [2.75, 3.05) is 26.2 Å². The highest BCUT2D eigenvalue weighted by Crippen LogP contribution is 2.25. The normalized spacial score (nSPS) is 26.2. The summed E-state index contributed by atoms with van der Waals surface area (Å²) < 4.78 is 9.93. The van der Waals surface area contributed by atoms with E-state index in [0.717, 1.165) is 45.0 Å². The number of rotatable bonds is 4. The van der Waals surface area contributed by atoms with E-state index in [-0.39, 0.29) is 0 Å². The number of ether oxygens (including phenoxy) is 1. The molecule has 2 aliphatic rings. The molecular formula is C15H19N5OS. The van der Waals surface area contributed by atoms with Crippen LogP contribution in [0.15, 0.2) is 29.9 Å². The van der Waals surface area contributed by atoms with Crippen molar-refractivity contribution in [3.63, 3.8) is 0 Å². The molecule has 0 N–H and O–H groups in total.